The van der Waals surface area contributed by atoms with Gasteiger partial charge in [0.15, 0.2) is 5.82 Å². The van der Waals surface area contributed by atoms with Crippen molar-refractivity contribution in [2.75, 3.05) is 26.2 Å². The van der Waals surface area contributed by atoms with Crippen molar-refractivity contribution in [2.45, 2.75) is 18.2 Å². The summed E-state index contributed by atoms with van der Waals surface area (Å²) in [4.78, 5) is 29.3. The van der Waals surface area contributed by atoms with E-state index in [1.54, 1.807) is 21.8 Å². The summed E-state index contributed by atoms with van der Waals surface area (Å²) in [6, 6.07) is 10.2. The van der Waals surface area contributed by atoms with E-state index in [9.17, 15) is 23.3 Å². The number of carbonyl (C=O) groups is 1. The first-order chi connectivity index (χ1) is 15.8. The van der Waals surface area contributed by atoms with Gasteiger partial charge in [-0.2, -0.15) is 9.40 Å². The third-order valence-electron chi connectivity index (χ3n) is 5.51. The lowest BCUT2D eigenvalue weighted by Crippen LogP contribution is -2.50. The van der Waals surface area contributed by atoms with Crippen LogP contribution < -0.4 is 0 Å². The quantitative estimate of drug-likeness (QED) is 0.397. The smallest absolute Gasteiger partial charge is 0.269 e. The molecule has 172 valence electrons. The van der Waals surface area contributed by atoms with Crippen LogP contribution in [0.3, 0.4) is 0 Å². The van der Waals surface area contributed by atoms with Crippen LogP contribution in [0.25, 0.3) is 5.82 Å². The van der Waals surface area contributed by atoms with Crippen LogP contribution in [-0.4, -0.2) is 69.4 Å². The molecule has 0 spiro atoms. The highest BCUT2D eigenvalue weighted by Gasteiger charge is 2.32. The van der Waals surface area contributed by atoms with Crippen LogP contribution in [0.15, 0.2) is 59.8 Å². The molecule has 33 heavy (non-hydrogen) atoms. The van der Waals surface area contributed by atoms with Gasteiger partial charge in [-0.05, 0) is 30.7 Å². The van der Waals surface area contributed by atoms with Crippen molar-refractivity contribution in [3.63, 3.8) is 0 Å². The number of nitro groups is 1. The van der Waals surface area contributed by atoms with E-state index in [-0.39, 0.29) is 42.7 Å². The minimum absolute atomic E-state index is 0.0159. The van der Waals surface area contributed by atoms with Crippen LogP contribution >= 0.6 is 0 Å². The van der Waals surface area contributed by atoms with Gasteiger partial charge in [-0.1, -0.05) is 13.0 Å². The van der Waals surface area contributed by atoms with Crippen LogP contribution in [0.4, 0.5) is 5.69 Å². The number of nitrogens with zero attached hydrogens (tertiary/aromatic N) is 6. The maximum absolute atomic E-state index is 13.2. The number of amides is 1. The van der Waals surface area contributed by atoms with Crippen LogP contribution in [0, 0.1) is 10.1 Å². The zero-order valence-electron chi connectivity index (χ0n) is 17.9. The van der Waals surface area contributed by atoms with Gasteiger partial charge in [-0.15, -0.1) is 0 Å². The van der Waals surface area contributed by atoms with Gasteiger partial charge in [-0.3, -0.25) is 14.9 Å². The lowest BCUT2D eigenvalue weighted by atomic mass is 10.1. The first-order valence-corrected chi connectivity index (χ1v) is 11.8. The number of aromatic nitrogens is 3. The Morgan fingerprint density at radius 2 is 1.79 bits per heavy atom. The fraction of sp³-hybridized carbons (Fsp3) is 0.286. The molecule has 11 nitrogen and oxygen atoms in total. The molecule has 3 aromatic rings. The molecule has 0 saturated carbocycles. The highest BCUT2D eigenvalue weighted by Crippen LogP contribution is 2.22. The highest BCUT2D eigenvalue weighted by atomic mass is 32.2. The summed E-state index contributed by atoms with van der Waals surface area (Å²) in [5, 5.41) is 15.1. The van der Waals surface area contributed by atoms with Crippen molar-refractivity contribution in [1.29, 1.82) is 0 Å². The van der Waals surface area contributed by atoms with E-state index in [1.165, 1.54) is 22.6 Å². The standard InChI is InChI=1S/C21H22N6O5S/c1-2-19-18(15-23-26(19)20-5-3-4-10-22-20)21(28)24-11-13-25(14-12-24)33(31,32)17-8-6-16(7-9-17)27(29)30/h3-10,15H,2,11-14H2,1H3. The Kier molecular flexibility index (Phi) is 6.20. The van der Waals surface area contributed by atoms with Crippen LogP contribution in [-0.2, 0) is 16.4 Å². The van der Waals surface area contributed by atoms with E-state index in [4.69, 9.17) is 0 Å². The lowest BCUT2D eigenvalue weighted by molar-refractivity contribution is -0.384. The second kappa shape index (κ2) is 9.08. The maximum atomic E-state index is 13.2. The number of hydrogen-bond donors (Lipinski definition) is 0. The van der Waals surface area contributed by atoms with Crippen molar-refractivity contribution in [1.82, 2.24) is 24.0 Å². The number of nitro benzene ring substituents is 1. The molecule has 3 heterocycles. The molecule has 1 aliphatic heterocycles. The van der Waals surface area contributed by atoms with Crippen molar-refractivity contribution < 1.29 is 18.1 Å². The SMILES string of the molecule is CCc1c(C(=O)N2CCN(S(=O)(=O)c3ccc([N+](=O)[O-])cc3)CC2)cnn1-c1ccccn1. The lowest BCUT2D eigenvalue weighted by Gasteiger charge is -2.34. The normalized spacial score (nSPS) is 14.9. The molecule has 0 bridgehead atoms. The predicted molar refractivity (Wildman–Crippen MR) is 118 cm³/mol. The van der Waals surface area contributed by atoms with E-state index in [2.05, 4.69) is 10.1 Å². The Morgan fingerprint density at radius 1 is 1.09 bits per heavy atom. The molecule has 0 atom stereocenters. The molecule has 1 fully saturated rings. The number of pyridine rings is 1. The fourth-order valence-corrected chi connectivity index (χ4v) is 5.18. The monoisotopic (exact) mass is 470 g/mol. The molecular weight excluding hydrogens is 448 g/mol. The Hall–Kier alpha value is -3.64. The zero-order valence-corrected chi connectivity index (χ0v) is 18.7. The largest absolute Gasteiger partial charge is 0.336 e. The molecule has 4 rings (SSSR count). The molecular formula is C21H22N6O5S. The number of rotatable bonds is 6. The van der Waals surface area contributed by atoms with E-state index in [0.717, 1.165) is 17.8 Å². The van der Waals surface area contributed by atoms with Crippen molar-refractivity contribution in [3.8, 4) is 5.82 Å². The van der Waals surface area contributed by atoms with Gasteiger partial charge >= 0.3 is 0 Å². The van der Waals surface area contributed by atoms with E-state index >= 15 is 0 Å². The number of carbonyl (C=O) groups excluding carboxylic acids is 1. The summed E-state index contributed by atoms with van der Waals surface area (Å²) in [6.07, 6.45) is 3.75. The molecule has 1 aliphatic rings. The van der Waals surface area contributed by atoms with Gasteiger partial charge in [-0.25, -0.2) is 18.1 Å². The van der Waals surface area contributed by atoms with Gasteiger partial charge in [0.2, 0.25) is 10.0 Å². The number of sulfonamides is 1. The number of piperazine rings is 1. The van der Waals surface area contributed by atoms with Crippen molar-refractivity contribution >= 4 is 21.6 Å². The first kappa shape index (κ1) is 22.6. The molecule has 0 N–H and O–H groups in total. The highest BCUT2D eigenvalue weighted by molar-refractivity contribution is 7.89. The van der Waals surface area contributed by atoms with Gasteiger partial charge in [0.25, 0.3) is 11.6 Å². The second-order valence-corrected chi connectivity index (χ2v) is 9.34. The van der Waals surface area contributed by atoms with Gasteiger partial charge < -0.3 is 4.90 Å². The van der Waals surface area contributed by atoms with Crippen LogP contribution in [0.5, 0.6) is 0 Å². The van der Waals surface area contributed by atoms with E-state index in [1.807, 2.05) is 19.1 Å². The van der Waals surface area contributed by atoms with E-state index < -0.39 is 14.9 Å². The zero-order chi connectivity index (χ0) is 23.6. The Morgan fingerprint density at radius 3 is 2.36 bits per heavy atom. The molecule has 1 saturated heterocycles. The van der Waals surface area contributed by atoms with Crippen LogP contribution in [0.1, 0.15) is 23.0 Å². The number of non-ortho nitro benzene ring substituents is 1. The Bertz CT molecular complexity index is 1270. The van der Waals surface area contributed by atoms with Gasteiger partial charge in [0, 0.05) is 44.5 Å². The number of hydrogen-bond acceptors (Lipinski definition) is 7. The molecule has 1 amide bonds. The summed E-state index contributed by atoms with van der Waals surface area (Å²) in [5.74, 6) is 0.411. The third kappa shape index (κ3) is 4.34. The summed E-state index contributed by atoms with van der Waals surface area (Å²) < 4.78 is 28.7. The minimum atomic E-state index is -3.81. The first-order valence-electron chi connectivity index (χ1n) is 10.3. The molecule has 0 radical (unpaired) electrons. The summed E-state index contributed by atoms with van der Waals surface area (Å²) in [6.45, 7) is 2.63. The van der Waals surface area contributed by atoms with E-state index in [0.29, 0.717) is 17.8 Å². The second-order valence-electron chi connectivity index (χ2n) is 7.41. The third-order valence-corrected chi connectivity index (χ3v) is 7.42. The van der Waals surface area contributed by atoms with Gasteiger partial charge in [0.1, 0.15) is 0 Å². The molecule has 12 heteroatoms. The average Bonchev–Trinajstić information content (AvgIpc) is 3.28. The van der Waals surface area contributed by atoms with Crippen molar-refractivity contribution in [2.24, 2.45) is 0 Å². The fourth-order valence-electron chi connectivity index (χ4n) is 3.76. The Balaban J connectivity index is 1.47. The predicted octanol–water partition coefficient (Wildman–Crippen LogP) is 1.88. The topological polar surface area (TPSA) is 132 Å². The minimum Gasteiger partial charge on any atom is -0.336 e. The van der Waals surface area contributed by atoms with Crippen LogP contribution in [0.2, 0.25) is 0 Å². The molecule has 2 aromatic heterocycles. The Labute approximate surface area is 190 Å². The molecule has 0 aliphatic carbocycles. The summed E-state index contributed by atoms with van der Waals surface area (Å²) in [7, 11) is -3.81. The van der Waals surface area contributed by atoms with Gasteiger partial charge in [0.05, 0.1) is 27.3 Å². The summed E-state index contributed by atoms with van der Waals surface area (Å²) in [5.41, 5.74) is 1.02. The van der Waals surface area contributed by atoms with Crippen molar-refractivity contribution in [3.05, 3.63) is 76.2 Å². The molecule has 1 aromatic carbocycles. The summed E-state index contributed by atoms with van der Waals surface area (Å²) >= 11 is 0. The maximum Gasteiger partial charge on any atom is 0.269 e. The molecule has 0 unspecified atom stereocenters. The number of benzene rings is 1. The average molecular weight is 471 g/mol.